The van der Waals surface area contributed by atoms with Crippen molar-refractivity contribution in [2.45, 2.75) is 18.2 Å². The van der Waals surface area contributed by atoms with Gasteiger partial charge in [0.05, 0.1) is 12.0 Å². The molecule has 0 saturated heterocycles. The number of aliphatic hydroxyl groups is 1. The first kappa shape index (κ1) is 14.9. The van der Waals surface area contributed by atoms with Gasteiger partial charge in [-0.2, -0.15) is 0 Å². The Morgan fingerprint density at radius 3 is 2.56 bits per heavy atom. The lowest BCUT2D eigenvalue weighted by Gasteiger charge is -2.17. The highest BCUT2D eigenvalue weighted by atomic mass is 32.2. The average Bonchev–Trinajstić information content (AvgIpc) is 2.35. The van der Waals surface area contributed by atoms with Crippen LogP contribution in [0, 0.1) is 6.92 Å². The van der Waals surface area contributed by atoms with Gasteiger partial charge in [-0.15, -0.1) is 0 Å². The summed E-state index contributed by atoms with van der Waals surface area (Å²) < 4.78 is 30.7. The summed E-state index contributed by atoms with van der Waals surface area (Å²) in [6, 6.07) is 4.75. The second-order valence-corrected chi connectivity index (χ2v) is 6.08. The summed E-state index contributed by atoms with van der Waals surface area (Å²) in [6.07, 6.45) is 0.421. The average molecular weight is 273 g/mol. The highest BCUT2D eigenvalue weighted by molar-refractivity contribution is 7.89. The zero-order chi connectivity index (χ0) is 13.8. The van der Waals surface area contributed by atoms with Gasteiger partial charge < -0.3 is 9.84 Å². The molecule has 0 amide bonds. The number of aliphatic hydroxyl groups excluding tert-OH is 1. The molecule has 1 aromatic rings. The van der Waals surface area contributed by atoms with Crippen molar-refractivity contribution in [2.75, 3.05) is 27.3 Å². The van der Waals surface area contributed by atoms with Crippen molar-refractivity contribution >= 4 is 10.0 Å². The number of hydrogen-bond acceptors (Lipinski definition) is 4. The number of rotatable bonds is 6. The van der Waals surface area contributed by atoms with E-state index >= 15 is 0 Å². The van der Waals surface area contributed by atoms with Crippen LogP contribution >= 0.6 is 0 Å². The summed E-state index contributed by atoms with van der Waals surface area (Å²) in [6.45, 7) is 2.07. The Labute approximate surface area is 108 Å². The van der Waals surface area contributed by atoms with Crippen LogP contribution in [-0.2, 0) is 10.0 Å². The standard InChI is InChI=1S/C12H19NO4S/c1-10-9-11(5-6-12(10)17-3)18(15,16)13(2)7-4-8-14/h5-6,9,14H,4,7-8H2,1-3H3. The van der Waals surface area contributed by atoms with E-state index in [-0.39, 0.29) is 11.5 Å². The van der Waals surface area contributed by atoms with E-state index in [2.05, 4.69) is 0 Å². The maximum absolute atomic E-state index is 12.2. The third-order valence-corrected chi connectivity index (χ3v) is 4.56. The SMILES string of the molecule is COc1ccc(S(=O)(=O)N(C)CCCO)cc1C. The van der Waals surface area contributed by atoms with Crippen molar-refractivity contribution in [1.29, 1.82) is 0 Å². The van der Waals surface area contributed by atoms with Gasteiger partial charge in [0.25, 0.3) is 0 Å². The Morgan fingerprint density at radius 2 is 2.06 bits per heavy atom. The van der Waals surface area contributed by atoms with E-state index in [4.69, 9.17) is 9.84 Å². The predicted molar refractivity (Wildman–Crippen MR) is 69.2 cm³/mol. The summed E-state index contributed by atoms with van der Waals surface area (Å²) in [5.74, 6) is 0.659. The minimum Gasteiger partial charge on any atom is -0.496 e. The second-order valence-electron chi connectivity index (χ2n) is 4.04. The Kier molecular flexibility index (Phi) is 5.13. The zero-order valence-corrected chi connectivity index (χ0v) is 11.7. The van der Waals surface area contributed by atoms with Gasteiger partial charge in [-0.1, -0.05) is 0 Å². The molecule has 1 rings (SSSR count). The molecule has 1 aromatic carbocycles. The van der Waals surface area contributed by atoms with Crippen LogP contribution in [0.3, 0.4) is 0 Å². The van der Waals surface area contributed by atoms with E-state index in [9.17, 15) is 8.42 Å². The van der Waals surface area contributed by atoms with Gasteiger partial charge in [0.1, 0.15) is 5.75 Å². The minimum absolute atomic E-state index is 0.0263. The van der Waals surface area contributed by atoms with Gasteiger partial charge in [-0.3, -0.25) is 0 Å². The van der Waals surface area contributed by atoms with Gasteiger partial charge in [0.15, 0.2) is 0 Å². The minimum atomic E-state index is -3.49. The van der Waals surface area contributed by atoms with Crippen molar-refractivity contribution in [3.8, 4) is 5.75 Å². The van der Waals surface area contributed by atoms with Crippen molar-refractivity contribution in [3.63, 3.8) is 0 Å². The van der Waals surface area contributed by atoms with Gasteiger partial charge in [-0.05, 0) is 37.1 Å². The van der Waals surface area contributed by atoms with Crippen molar-refractivity contribution in [2.24, 2.45) is 0 Å². The van der Waals surface area contributed by atoms with Crippen LogP contribution < -0.4 is 4.74 Å². The lowest BCUT2D eigenvalue weighted by Crippen LogP contribution is -2.28. The summed E-state index contributed by atoms with van der Waals surface area (Å²) in [5.41, 5.74) is 0.772. The molecule has 0 aliphatic heterocycles. The fourth-order valence-corrected chi connectivity index (χ4v) is 2.90. The Morgan fingerprint density at radius 1 is 1.39 bits per heavy atom. The molecule has 0 aliphatic rings. The fraction of sp³-hybridized carbons (Fsp3) is 0.500. The third-order valence-electron chi connectivity index (χ3n) is 2.71. The van der Waals surface area contributed by atoms with Crippen LogP contribution in [0.25, 0.3) is 0 Å². The van der Waals surface area contributed by atoms with Crippen LogP contribution in [0.2, 0.25) is 0 Å². The number of benzene rings is 1. The molecule has 102 valence electrons. The van der Waals surface area contributed by atoms with Gasteiger partial charge in [0.2, 0.25) is 10.0 Å². The predicted octanol–water partition coefficient (Wildman–Crippen LogP) is 1.01. The summed E-state index contributed by atoms with van der Waals surface area (Å²) in [4.78, 5) is 0.237. The molecule has 0 aliphatic carbocycles. The van der Waals surface area contributed by atoms with E-state index in [1.54, 1.807) is 26.2 Å². The lowest BCUT2D eigenvalue weighted by molar-refractivity contribution is 0.275. The first-order valence-electron chi connectivity index (χ1n) is 5.65. The highest BCUT2D eigenvalue weighted by Crippen LogP contribution is 2.23. The zero-order valence-electron chi connectivity index (χ0n) is 10.9. The van der Waals surface area contributed by atoms with E-state index < -0.39 is 10.0 Å². The number of ether oxygens (including phenoxy) is 1. The maximum atomic E-state index is 12.2. The molecule has 0 unspecified atom stereocenters. The molecule has 6 heteroatoms. The molecular weight excluding hydrogens is 254 g/mol. The lowest BCUT2D eigenvalue weighted by atomic mass is 10.2. The molecule has 1 N–H and O–H groups in total. The van der Waals surface area contributed by atoms with E-state index in [1.165, 1.54) is 17.4 Å². The number of sulfonamides is 1. The number of methoxy groups -OCH3 is 1. The van der Waals surface area contributed by atoms with Crippen LogP contribution in [0.5, 0.6) is 5.75 Å². The van der Waals surface area contributed by atoms with Crippen LogP contribution in [0.4, 0.5) is 0 Å². The molecule has 18 heavy (non-hydrogen) atoms. The molecule has 0 atom stereocenters. The second kappa shape index (κ2) is 6.17. The molecule has 5 nitrogen and oxygen atoms in total. The largest absolute Gasteiger partial charge is 0.496 e. The van der Waals surface area contributed by atoms with Crippen LogP contribution in [-0.4, -0.2) is 45.1 Å². The first-order chi connectivity index (χ1) is 8.43. The third kappa shape index (κ3) is 3.22. The van der Waals surface area contributed by atoms with E-state index in [0.29, 0.717) is 18.7 Å². The molecule has 0 bridgehead atoms. The van der Waals surface area contributed by atoms with Crippen molar-refractivity contribution < 1.29 is 18.3 Å². The monoisotopic (exact) mass is 273 g/mol. The van der Waals surface area contributed by atoms with Crippen molar-refractivity contribution in [1.82, 2.24) is 4.31 Å². The topological polar surface area (TPSA) is 66.8 Å². The normalized spacial score (nSPS) is 11.8. The Balaban J connectivity index is 3.01. The maximum Gasteiger partial charge on any atom is 0.242 e. The number of hydrogen-bond donors (Lipinski definition) is 1. The summed E-state index contributed by atoms with van der Waals surface area (Å²) in [5, 5.41) is 8.73. The van der Waals surface area contributed by atoms with E-state index in [0.717, 1.165) is 5.56 Å². The molecule has 0 fully saturated rings. The van der Waals surface area contributed by atoms with E-state index in [1.807, 2.05) is 0 Å². The molecule has 0 radical (unpaired) electrons. The number of nitrogens with zero attached hydrogens (tertiary/aromatic N) is 1. The number of aryl methyl sites for hydroxylation is 1. The van der Waals surface area contributed by atoms with Crippen molar-refractivity contribution in [3.05, 3.63) is 23.8 Å². The first-order valence-corrected chi connectivity index (χ1v) is 7.09. The van der Waals surface area contributed by atoms with Crippen LogP contribution in [0.15, 0.2) is 23.1 Å². The highest BCUT2D eigenvalue weighted by Gasteiger charge is 2.20. The fourth-order valence-electron chi connectivity index (χ4n) is 1.60. The quantitative estimate of drug-likeness (QED) is 0.840. The smallest absolute Gasteiger partial charge is 0.242 e. The van der Waals surface area contributed by atoms with Gasteiger partial charge in [-0.25, -0.2) is 12.7 Å². The van der Waals surface area contributed by atoms with Gasteiger partial charge in [0, 0.05) is 20.2 Å². The molecule has 0 aromatic heterocycles. The molecular formula is C12H19NO4S. The Bertz CT molecular complexity index is 499. The summed E-state index contributed by atoms with van der Waals surface area (Å²) >= 11 is 0. The Hall–Kier alpha value is -1.11. The summed E-state index contributed by atoms with van der Waals surface area (Å²) in [7, 11) is -0.442. The van der Waals surface area contributed by atoms with Crippen LogP contribution in [0.1, 0.15) is 12.0 Å². The molecule has 0 heterocycles. The molecule has 0 spiro atoms. The molecule has 0 saturated carbocycles. The van der Waals surface area contributed by atoms with Gasteiger partial charge >= 0.3 is 0 Å².